The summed E-state index contributed by atoms with van der Waals surface area (Å²) in [6, 6.07) is 23.1. The van der Waals surface area contributed by atoms with Crippen molar-refractivity contribution in [2.45, 2.75) is 55.9 Å². The largest absolute Gasteiger partial charge is 0.461 e. The molecule has 1 saturated carbocycles. The van der Waals surface area contributed by atoms with Gasteiger partial charge in [0.25, 0.3) is 0 Å². The fourth-order valence-corrected chi connectivity index (χ4v) is 5.90. The van der Waals surface area contributed by atoms with Crippen LogP contribution in [-0.2, 0) is 17.8 Å². The number of rotatable bonds is 8. The van der Waals surface area contributed by atoms with Crippen LogP contribution in [0.3, 0.4) is 0 Å². The second kappa shape index (κ2) is 9.74. The van der Waals surface area contributed by atoms with E-state index in [2.05, 4.69) is 51.5 Å². The number of thioether (sulfide) groups is 1. The van der Waals surface area contributed by atoms with Gasteiger partial charge < -0.3 is 9.32 Å². The normalized spacial score (nSPS) is 17.2. The molecule has 0 spiro atoms. The van der Waals surface area contributed by atoms with Gasteiger partial charge >= 0.3 is 0 Å². The van der Waals surface area contributed by atoms with Gasteiger partial charge in [-0.2, -0.15) is 0 Å². The molecule has 1 unspecified atom stereocenters. The first-order valence-electron chi connectivity index (χ1n) is 12.3. The Hall–Kier alpha value is -3.32. The predicted octanol–water partition coefficient (Wildman–Crippen LogP) is 5.75. The molecule has 2 aromatic heterocycles. The second-order valence-corrected chi connectivity index (χ2v) is 10.2. The van der Waals surface area contributed by atoms with Crippen LogP contribution in [0.2, 0.25) is 0 Å². The molecule has 2 aliphatic rings. The molecule has 0 saturated heterocycles. The maximum Gasteiger partial charge on any atom is 0.233 e. The van der Waals surface area contributed by atoms with Gasteiger partial charge in [-0.25, -0.2) is 0 Å². The van der Waals surface area contributed by atoms with E-state index in [0.29, 0.717) is 29.9 Å². The number of hydrogen-bond acceptors (Lipinski definition) is 5. The van der Waals surface area contributed by atoms with E-state index in [1.54, 1.807) is 6.26 Å². The highest BCUT2D eigenvalue weighted by Gasteiger charge is 2.39. The first-order valence-corrected chi connectivity index (χ1v) is 13.3. The lowest BCUT2D eigenvalue weighted by molar-refractivity contribution is -0.131. The van der Waals surface area contributed by atoms with Crippen LogP contribution in [0, 0.1) is 0 Å². The van der Waals surface area contributed by atoms with Crippen molar-refractivity contribution in [3.8, 4) is 11.6 Å². The highest BCUT2D eigenvalue weighted by Crippen LogP contribution is 2.41. The molecule has 0 N–H and O–H groups in total. The minimum Gasteiger partial charge on any atom is -0.461 e. The number of carbonyl (C=O) groups is 1. The van der Waals surface area contributed by atoms with Gasteiger partial charge in [0.2, 0.25) is 11.7 Å². The number of benzene rings is 2. The third-order valence-corrected chi connectivity index (χ3v) is 7.82. The Bertz CT molecular complexity index is 1300. The van der Waals surface area contributed by atoms with Crippen molar-refractivity contribution < 1.29 is 9.21 Å². The first kappa shape index (κ1) is 22.2. The Balaban J connectivity index is 1.24. The smallest absolute Gasteiger partial charge is 0.233 e. The number of aryl methyl sites for hydroxylation is 1. The number of hydrogen-bond donors (Lipinski definition) is 0. The topological polar surface area (TPSA) is 64.2 Å². The van der Waals surface area contributed by atoms with E-state index in [1.807, 2.05) is 34.9 Å². The van der Waals surface area contributed by atoms with Gasteiger partial charge in [0.05, 0.1) is 24.6 Å². The Labute approximate surface area is 209 Å². The van der Waals surface area contributed by atoms with Gasteiger partial charge in [-0.3, -0.25) is 9.36 Å². The molecule has 178 valence electrons. The minimum atomic E-state index is 0.182. The highest BCUT2D eigenvalue weighted by atomic mass is 32.2. The SMILES string of the molecule is O=C(CSc1nnc(-c2ccco2)n1Cc1ccccc1)N(C1CC1)C1CCCc2ccccc21. The number of aromatic nitrogens is 3. The van der Waals surface area contributed by atoms with E-state index < -0.39 is 0 Å². The van der Waals surface area contributed by atoms with Crippen molar-refractivity contribution in [2.24, 2.45) is 0 Å². The molecule has 4 aromatic rings. The summed E-state index contributed by atoms with van der Waals surface area (Å²) in [7, 11) is 0. The van der Waals surface area contributed by atoms with Crippen molar-refractivity contribution >= 4 is 17.7 Å². The fourth-order valence-electron chi connectivity index (χ4n) is 5.09. The lowest BCUT2D eigenvalue weighted by atomic mass is 9.86. The standard InChI is InChI=1S/C28H28N4O2S/c33-26(32(22-15-16-22)24-13-6-11-21-10-4-5-12-23(21)24)19-35-28-30-29-27(25-14-7-17-34-25)31(28)18-20-8-2-1-3-9-20/h1-5,7-10,12,14,17,22,24H,6,11,13,15-16,18-19H2. The predicted molar refractivity (Wildman–Crippen MR) is 136 cm³/mol. The molecule has 0 bridgehead atoms. The molecule has 7 heteroatoms. The van der Waals surface area contributed by atoms with Gasteiger partial charge in [0, 0.05) is 6.04 Å². The summed E-state index contributed by atoms with van der Waals surface area (Å²) in [6.45, 7) is 0.614. The van der Waals surface area contributed by atoms with Crippen LogP contribution in [0.15, 0.2) is 82.6 Å². The summed E-state index contributed by atoms with van der Waals surface area (Å²) in [6.07, 6.45) is 7.11. The average molecular weight is 485 g/mol. The van der Waals surface area contributed by atoms with Crippen molar-refractivity contribution in [1.29, 1.82) is 0 Å². The Kier molecular flexibility index (Phi) is 6.17. The van der Waals surface area contributed by atoms with Gasteiger partial charge in [0.1, 0.15) is 0 Å². The van der Waals surface area contributed by atoms with E-state index >= 15 is 0 Å². The van der Waals surface area contributed by atoms with Crippen molar-refractivity contribution in [1.82, 2.24) is 19.7 Å². The van der Waals surface area contributed by atoms with Gasteiger partial charge in [0.15, 0.2) is 10.9 Å². The Morgan fingerprint density at radius 2 is 1.83 bits per heavy atom. The molecular weight excluding hydrogens is 456 g/mol. The van der Waals surface area contributed by atoms with E-state index in [1.165, 1.54) is 22.9 Å². The lowest BCUT2D eigenvalue weighted by Gasteiger charge is -2.36. The zero-order chi connectivity index (χ0) is 23.6. The maximum atomic E-state index is 13.6. The first-order chi connectivity index (χ1) is 17.3. The lowest BCUT2D eigenvalue weighted by Crippen LogP contribution is -2.39. The van der Waals surface area contributed by atoms with Gasteiger partial charge in [-0.05, 0) is 60.9 Å². The minimum absolute atomic E-state index is 0.182. The quantitative estimate of drug-likeness (QED) is 0.298. The van der Waals surface area contributed by atoms with Crippen LogP contribution in [0.1, 0.15) is 48.4 Å². The second-order valence-electron chi connectivity index (χ2n) is 9.28. The monoisotopic (exact) mass is 484 g/mol. The van der Waals surface area contributed by atoms with Gasteiger partial charge in [-0.1, -0.05) is 66.4 Å². The van der Waals surface area contributed by atoms with E-state index in [4.69, 9.17) is 4.42 Å². The van der Waals surface area contributed by atoms with Crippen LogP contribution in [0.25, 0.3) is 11.6 Å². The molecule has 2 aliphatic carbocycles. The molecule has 1 amide bonds. The maximum absolute atomic E-state index is 13.6. The molecule has 1 fully saturated rings. The number of carbonyl (C=O) groups excluding carboxylic acids is 1. The molecule has 2 aromatic carbocycles. The van der Waals surface area contributed by atoms with Crippen LogP contribution >= 0.6 is 11.8 Å². The highest BCUT2D eigenvalue weighted by molar-refractivity contribution is 7.99. The van der Waals surface area contributed by atoms with Crippen LogP contribution in [0.4, 0.5) is 0 Å². The summed E-state index contributed by atoms with van der Waals surface area (Å²) in [5, 5.41) is 9.60. The third-order valence-electron chi connectivity index (χ3n) is 6.87. The summed E-state index contributed by atoms with van der Waals surface area (Å²) in [5.41, 5.74) is 3.86. The summed E-state index contributed by atoms with van der Waals surface area (Å²) in [5.74, 6) is 1.88. The number of furan rings is 1. The summed E-state index contributed by atoms with van der Waals surface area (Å²) in [4.78, 5) is 15.8. The molecule has 0 aliphatic heterocycles. The molecule has 35 heavy (non-hydrogen) atoms. The fraction of sp³-hybridized carbons (Fsp3) is 0.321. The van der Waals surface area contributed by atoms with E-state index in [0.717, 1.165) is 42.8 Å². The molecule has 0 radical (unpaired) electrons. The van der Waals surface area contributed by atoms with E-state index in [-0.39, 0.29) is 11.9 Å². The Morgan fingerprint density at radius 3 is 2.63 bits per heavy atom. The zero-order valence-corrected chi connectivity index (χ0v) is 20.4. The summed E-state index contributed by atoms with van der Waals surface area (Å²) >= 11 is 1.47. The molecule has 2 heterocycles. The molecule has 1 atom stereocenters. The van der Waals surface area contributed by atoms with Crippen molar-refractivity contribution in [3.05, 3.63) is 89.7 Å². The van der Waals surface area contributed by atoms with Crippen LogP contribution in [-0.4, -0.2) is 37.4 Å². The zero-order valence-electron chi connectivity index (χ0n) is 19.5. The van der Waals surface area contributed by atoms with E-state index in [9.17, 15) is 4.79 Å². The Morgan fingerprint density at radius 1 is 1.00 bits per heavy atom. The molecule has 6 nitrogen and oxygen atoms in total. The number of fused-ring (bicyclic) bond motifs is 1. The molecule has 6 rings (SSSR count). The van der Waals surface area contributed by atoms with Gasteiger partial charge in [-0.15, -0.1) is 10.2 Å². The van der Waals surface area contributed by atoms with Crippen molar-refractivity contribution in [3.63, 3.8) is 0 Å². The average Bonchev–Trinajstić information content (AvgIpc) is 3.42. The third kappa shape index (κ3) is 4.65. The number of amides is 1. The summed E-state index contributed by atoms with van der Waals surface area (Å²) < 4.78 is 7.66. The van der Waals surface area contributed by atoms with Crippen LogP contribution in [0.5, 0.6) is 0 Å². The van der Waals surface area contributed by atoms with Crippen molar-refractivity contribution in [2.75, 3.05) is 5.75 Å². The van der Waals surface area contributed by atoms with Crippen LogP contribution < -0.4 is 0 Å². The number of nitrogens with zero attached hydrogens (tertiary/aromatic N) is 4. The molecular formula is C28H28N4O2S.